The number of nitrogen functional groups attached to an aromatic ring is 1. The molecule has 21 heavy (non-hydrogen) atoms. The third kappa shape index (κ3) is 1.93. The van der Waals surface area contributed by atoms with Gasteiger partial charge >= 0.3 is 5.69 Å². The van der Waals surface area contributed by atoms with Crippen LogP contribution in [0.1, 0.15) is 0 Å². The Hall–Kier alpha value is -2.54. The number of benzene rings is 1. The monoisotopic (exact) mass is 305 g/mol. The maximum Gasteiger partial charge on any atom is 0.332 e. The number of aromatic amines is 1. The summed E-state index contributed by atoms with van der Waals surface area (Å²) >= 11 is 5.87. The van der Waals surface area contributed by atoms with E-state index < -0.39 is 11.2 Å². The Kier molecular flexibility index (Phi) is 2.87. The van der Waals surface area contributed by atoms with Crippen LogP contribution in [0.3, 0.4) is 0 Å². The van der Waals surface area contributed by atoms with E-state index >= 15 is 0 Å². The Morgan fingerprint density at radius 1 is 1.24 bits per heavy atom. The zero-order valence-corrected chi connectivity index (χ0v) is 12.1. The van der Waals surface area contributed by atoms with E-state index in [0.29, 0.717) is 22.1 Å². The molecule has 3 aromatic rings. The van der Waals surface area contributed by atoms with Gasteiger partial charge in [-0.05, 0) is 18.2 Å². The molecule has 0 amide bonds. The number of rotatable bonds is 1. The Morgan fingerprint density at radius 3 is 2.62 bits per heavy atom. The molecule has 0 unspecified atom stereocenters. The van der Waals surface area contributed by atoms with E-state index in [0.717, 1.165) is 4.57 Å². The topological polar surface area (TPSA) is 98.7 Å². The summed E-state index contributed by atoms with van der Waals surface area (Å²) in [7, 11) is 2.97. The molecule has 0 saturated carbocycles. The van der Waals surface area contributed by atoms with Crippen LogP contribution >= 0.6 is 11.6 Å². The number of aryl methyl sites for hydroxylation is 1. The van der Waals surface area contributed by atoms with Gasteiger partial charge in [0.15, 0.2) is 5.65 Å². The predicted molar refractivity (Wildman–Crippen MR) is 81.4 cm³/mol. The average Bonchev–Trinajstić information content (AvgIpc) is 2.88. The second kappa shape index (κ2) is 4.49. The van der Waals surface area contributed by atoms with Crippen molar-refractivity contribution in [1.29, 1.82) is 0 Å². The number of hydrogen-bond acceptors (Lipinski definition) is 4. The fourth-order valence-corrected chi connectivity index (χ4v) is 2.38. The van der Waals surface area contributed by atoms with E-state index in [9.17, 15) is 9.59 Å². The Morgan fingerprint density at radius 2 is 1.95 bits per heavy atom. The van der Waals surface area contributed by atoms with Crippen LogP contribution in [0.25, 0.3) is 22.6 Å². The minimum Gasteiger partial charge on any atom is -0.398 e. The lowest BCUT2D eigenvalue weighted by Gasteiger charge is -2.02. The summed E-state index contributed by atoms with van der Waals surface area (Å²) in [6.07, 6.45) is 0. The molecular weight excluding hydrogens is 294 g/mol. The van der Waals surface area contributed by atoms with Crippen molar-refractivity contribution in [1.82, 2.24) is 19.1 Å². The molecule has 7 nitrogen and oxygen atoms in total. The first-order chi connectivity index (χ1) is 9.90. The lowest BCUT2D eigenvalue weighted by Crippen LogP contribution is -2.36. The minimum atomic E-state index is -0.436. The van der Waals surface area contributed by atoms with Gasteiger partial charge < -0.3 is 10.7 Å². The highest BCUT2D eigenvalue weighted by molar-refractivity contribution is 6.31. The number of nitrogens with zero attached hydrogens (tertiary/aromatic N) is 3. The molecule has 0 saturated heterocycles. The second-order valence-corrected chi connectivity index (χ2v) is 5.16. The van der Waals surface area contributed by atoms with Crippen LogP contribution in [-0.4, -0.2) is 19.1 Å². The minimum absolute atomic E-state index is 0.254. The summed E-state index contributed by atoms with van der Waals surface area (Å²) in [6.45, 7) is 0. The Bertz CT molecular complexity index is 983. The van der Waals surface area contributed by atoms with Crippen molar-refractivity contribution in [2.45, 2.75) is 0 Å². The number of aromatic nitrogens is 4. The quantitative estimate of drug-likeness (QED) is 0.651. The molecule has 0 atom stereocenters. The van der Waals surface area contributed by atoms with Gasteiger partial charge in [0.25, 0.3) is 5.56 Å². The molecule has 3 N–H and O–H groups in total. The summed E-state index contributed by atoms with van der Waals surface area (Å²) in [6, 6.07) is 4.98. The number of imidazole rings is 1. The van der Waals surface area contributed by atoms with Crippen LogP contribution in [-0.2, 0) is 14.1 Å². The van der Waals surface area contributed by atoms with E-state index in [1.807, 2.05) is 0 Å². The largest absolute Gasteiger partial charge is 0.398 e. The number of hydrogen-bond donors (Lipinski definition) is 2. The van der Waals surface area contributed by atoms with E-state index in [4.69, 9.17) is 17.3 Å². The molecule has 0 fully saturated rings. The first kappa shape index (κ1) is 13.4. The maximum atomic E-state index is 12.1. The van der Waals surface area contributed by atoms with Crippen molar-refractivity contribution >= 4 is 28.5 Å². The van der Waals surface area contributed by atoms with Crippen molar-refractivity contribution in [3.8, 4) is 11.4 Å². The van der Waals surface area contributed by atoms with Gasteiger partial charge in [-0.1, -0.05) is 11.6 Å². The molecule has 2 heterocycles. The van der Waals surface area contributed by atoms with Crippen LogP contribution in [0.2, 0.25) is 5.02 Å². The summed E-state index contributed by atoms with van der Waals surface area (Å²) in [5, 5.41) is 0.510. The average molecular weight is 306 g/mol. The molecule has 0 bridgehead atoms. The molecule has 0 aliphatic heterocycles. The van der Waals surface area contributed by atoms with Crippen molar-refractivity contribution < 1.29 is 0 Å². The Balaban J connectivity index is 2.37. The molecule has 2 aromatic heterocycles. The van der Waals surface area contributed by atoms with Gasteiger partial charge in [-0.15, -0.1) is 0 Å². The molecule has 0 spiro atoms. The van der Waals surface area contributed by atoms with Gasteiger partial charge in [0.2, 0.25) is 0 Å². The summed E-state index contributed by atoms with van der Waals surface area (Å²) in [4.78, 5) is 31.2. The van der Waals surface area contributed by atoms with Crippen molar-refractivity contribution in [3.05, 3.63) is 44.1 Å². The first-order valence-corrected chi connectivity index (χ1v) is 6.49. The molecule has 8 heteroatoms. The third-order valence-electron chi connectivity index (χ3n) is 3.36. The first-order valence-electron chi connectivity index (χ1n) is 6.11. The molecule has 108 valence electrons. The molecule has 1 aromatic carbocycles. The van der Waals surface area contributed by atoms with Crippen molar-refractivity contribution in [2.75, 3.05) is 5.73 Å². The number of fused-ring (bicyclic) bond motifs is 1. The summed E-state index contributed by atoms with van der Waals surface area (Å²) < 4.78 is 2.33. The van der Waals surface area contributed by atoms with E-state index in [1.165, 1.54) is 11.6 Å². The fraction of sp³-hybridized carbons (Fsp3) is 0.154. The molecule has 0 aliphatic carbocycles. The lowest BCUT2D eigenvalue weighted by atomic mass is 10.2. The van der Waals surface area contributed by atoms with Crippen LogP contribution in [0.15, 0.2) is 27.8 Å². The predicted octanol–water partition coefficient (Wildman–Crippen LogP) is 0.863. The van der Waals surface area contributed by atoms with E-state index in [1.54, 1.807) is 25.2 Å². The number of H-pyrrole nitrogens is 1. The van der Waals surface area contributed by atoms with Crippen LogP contribution in [0.4, 0.5) is 5.69 Å². The zero-order valence-electron chi connectivity index (χ0n) is 11.3. The number of anilines is 1. The number of nitrogens with two attached hydrogens (primary N) is 1. The van der Waals surface area contributed by atoms with Gasteiger partial charge in [0.1, 0.15) is 11.3 Å². The van der Waals surface area contributed by atoms with Crippen LogP contribution in [0.5, 0.6) is 0 Å². The highest BCUT2D eigenvalue weighted by Gasteiger charge is 2.15. The molecular formula is C13H12ClN5O2. The number of nitrogens with one attached hydrogen (secondary N) is 1. The van der Waals surface area contributed by atoms with Gasteiger partial charge in [0.05, 0.1) is 0 Å². The zero-order chi connectivity index (χ0) is 15.3. The highest BCUT2D eigenvalue weighted by atomic mass is 35.5. The van der Waals surface area contributed by atoms with Crippen LogP contribution in [0, 0.1) is 0 Å². The molecule has 0 radical (unpaired) electrons. The summed E-state index contributed by atoms with van der Waals surface area (Å²) in [5.74, 6) is 0.414. The van der Waals surface area contributed by atoms with Gasteiger partial charge in [-0.2, -0.15) is 0 Å². The SMILES string of the molecule is Cn1c(=O)c2[nH]c(-c3ccc(Cl)cc3N)nc2n(C)c1=O. The van der Waals surface area contributed by atoms with E-state index in [2.05, 4.69) is 9.97 Å². The van der Waals surface area contributed by atoms with Crippen molar-refractivity contribution in [3.63, 3.8) is 0 Å². The van der Waals surface area contributed by atoms with Crippen molar-refractivity contribution in [2.24, 2.45) is 14.1 Å². The highest BCUT2D eigenvalue weighted by Crippen LogP contribution is 2.27. The standard InChI is InChI=1S/C13H12ClN5O2/c1-18-11-9(12(20)19(2)13(18)21)16-10(17-11)7-4-3-6(14)5-8(7)15/h3-5H,15H2,1-2H3,(H,16,17). The van der Waals surface area contributed by atoms with Gasteiger partial charge in [-0.3, -0.25) is 13.9 Å². The summed E-state index contributed by atoms with van der Waals surface area (Å²) in [5.41, 5.74) is 6.64. The van der Waals surface area contributed by atoms with Crippen LogP contribution < -0.4 is 17.0 Å². The Labute approximate surface area is 123 Å². The lowest BCUT2D eigenvalue weighted by molar-refractivity contribution is 0.709. The van der Waals surface area contributed by atoms with Gasteiger partial charge in [0, 0.05) is 30.4 Å². The third-order valence-corrected chi connectivity index (χ3v) is 3.60. The second-order valence-electron chi connectivity index (χ2n) is 4.72. The maximum absolute atomic E-state index is 12.1. The number of halogens is 1. The van der Waals surface area contributed by atoms with E-state index in [-0.39, 0.29) is 11.2 Å². The molecule has 3 rings (SSSR count). The van der Waals surface area contributed by atoms with Gasteiger partial charge in [-0.25, -0.2) is 9.78 Å². The molecule has 0 aliphatic rings. The smallest absolute Gasteiger partial charge is 0.332 e. The fourth-order valence-electron chi connectivity index (χ4n) is 2.20. The normalized spacial score (nSPS) is 11.2.